The number of hydrogen-bond acceptors (Lipinski definition) is 4. The van der Waals surface area contributed by atoms with Crippen LogP contribution in [0.2, 0.25) is 0 Å². The summed E-state index contributed by atoms with van der Waals surface area (Å²) < 4.78 is 7.16. The molecule has 0 atom stereocenters. The molecule has 1 N–H and O–H groups in total. The summed E-state index contributed by atoms with van der Waals surface area (Å²) in [6, 6.07) is 3.93. The molecule has 0 aromatic carbocycles. The standard InChI is InChI=1S/C14H15Br2N3O/c1-17-12-7-10(8-4-2-3-5-8)18-14(19-12)11-6-9(15)13(16)20-11/h6-8H,2-5H2,1H3,(H,17,18,19). The summed E-state index contributed by atoms with van der Waals surface area (Å²) in [5.41, 5.74) is 1.11. The van der Waals surface area contributed by atoms with Crippen molar-refractivity contribution in [3.8, 4) is 11.6 Å². The Morgan fingerprint density at radius 1 is 1.20 bits per heavy atom. The lowest BCUT2D eigenvalue weighted by Gasteiger charge is -2.11. The van der Waals surface area contributed by atoms with Gasteiger partial charge in [-0.15, -0.1) is 0 Å². The first-order valence-electron chi connectivity index (χ1n) is 6.69. The summed E-state index contributed by atoms with van der Waals surface area (Å²) in [6.07, 6.45) is 5.00. The lowest BCUT2D eigenvalue weighted by molar-refractivity contribution is 0.548. The maximum atomic E-state index is 5.63. The fourth-order valence-electron chi connectivity index (χ4n) is 2.59. The summed E-state index contributed by atoms with van der Waals surface area (Å²) in [4.78, 5) is 9.19. The molecule has 4 nitrogen and oxygen atoms in total. The normalized spacial score (nSPS) is 15.8. The van der Waals surface area contributed by atoms with Gasteiger partial charge in [0, 0.05) is 30.8 Å². The molecule has 0 spiro atoms. The number of rotatable bonds is 3. The third-order valence-corrected chi connectivity index (χ3v) is 5.35. The van der Waals surface area contributed by atoms with Crippen LogP contribution < -0.4 is 5.32 Å². The number of nitrogens with zero attached hydrogens (tertiary/aromatic N) is 2. The first kappa shape index (κ1) is 14.1. The van der Waals surface area contributed by atoms with Gasteiger partial charge < -0.3 is 9.73 Å². The molecule has 6 heteroatoms. The van der Waals surface area contributed by atoms with Crippen LogP contribution in [0.5, 0.6) is 0 Å². The summed E-state index contributed by atoms with van der Waals surface area (Å²) in [6.45, 7) is 0. The highest BCUT2D eigenvalue weighted by Gasteiger charge is 2.21. The monoisotopic (exact) mass is 399 g/mol. The second-order valence-electron chi connectivity index (χ2n) is 4.97. The maximum absolute atomic E-state index is 5.63. The number of hydrogen-bond donors (Lipinski definition) is 1. The molecule has 106 valence electrons. The Bertz CT molecular complexity index is 601. The number of anilines is 1. The van der Waals surface area contributed by atoms with Crippen molar-refractivity contribution in [3.63, 3.8) is 0 Å². The second kappa shape index (κ2) is 5.85. The predicted octanol–water partition coefficient (Wildman–Crippen LogP) is 4.96. The molecule has 0 unspecified atom stereocenters. The van der Waals surface area contributed by atoms with E-state index < -0.39 is 0 Å². The lowest BCUT2D eigenvalue weighted by atomic mass is 10.0. The highest BCUT2D eigenvalue weighted by atomic mass is 79.9. The molecule has 0 bridgehead atoms. The highest BCUT2D eigenvalue weighted by molar-refractivity contribution is 9.13. The van der Waals surface area contributed by atoms with Crippen LogP contribution in [0.25, 0.3) is 11.6 Å². The molecule has 20 heavy (non-hydrogen) atoms. The van der Waals surface area contributed by atoms with E-state index in [0.717, 1.165) is 16.0 Å². The zero-order valence-electron chi connectivity index (χ0n) is 11.1. The molecule has 2 heterocycles. The Balaban J connectivity index is 2.03. The third kappa shape index (κ3) is 2.76. The van der Waals surface area contributed by atoms with Gasteiger partial charge in [0.05, 0.1) is 4.47 Å². The molecule has 0 radical (unpaired) electrons. The smallest absolute Gasteiger partial charge is 0.197 e. The minimum atomic E-state index is 0.547. The molecular weight excluding hydrogens is 386 g/mol. The first-order chi connectivity index (χ1) is 9.67. The first-order valence-corrected chi connectivity index (χ1v) is 8.28. The van der Waals surface area contributed by atoms with Crippen molar-refractivity contribution in [1.82, 2.24) is 9.97 Å². The van der Waals surface area contributed by atoms with Crippen molar-refractivity contribution < 1.29 is 4.42 Å². The fraction of sp³-hybridized carbons (Fsp3) is 0.429. The van der Waals surface area contributed by atoms with Crippen LogP contribution in [0, 0.1) is 0 Å². The van der Waals surface area contributed by atoms with Crippen LogP contribution in [0.3, 0.4) is 0 Å². The molecule has 1 saturated carbocycles. The predicted molar refractivity (Wildman–Crippen MR) is 85.9 cm³/mol. The van der Waals surface area contributed by atoms with Crippen molar-refractivity contribution in [2.24, 2.45) is 0 Å². The van der Waals surface area contributed by atoms with Crippen LogP contribution in [0.15, 0.2) is 25.7 Å². The van der Waals surface area contributed by atoms with Crippen LogP contribution >= 0.6 is 31.9 Å². The molecule has 1 aliphatic rings. The van der Waals surface area contributed by atoms with E-state index in [0.29, 0.717) is 22.2 Å². The Kier molecular flexibility index (Phi) is 4.12. The zero-order chi connectivity index (χ0) is 14.1. The van der Waals surface area contributed by atoms with E-state index in [9.17, 15) is 0 Å². The average Bonchev–Trinajstić information content (AvgIpc) is 3.09. The molecule has 3 rings (SSSR count). The van der Waals surface area contributed by atoms with Crippen molar-refractivity contribution in [2.45, 2.75) is 31.6 Å². The fourth-order valence-corrected chi connectivity index (χ4v) is 3.17. The van der Waals surface area contributed by atoms with Gasteiger partial charge in [0.2, 0.25) is 0 Å². The van der Waals surface area contributed by atoms with Gasteiger partial charge in [-0.3, -0.25) is 0 Å². The van der Waals surface area contributed by atoms with Gasteiger partial charge >= 0.3 is 0 Å². The zero-order valence-corrected chi connectivity index (χ0v) is 14.3. The summed E-state index contributed by atoms with van der Waals surface area (Å²) in [7, 11) is 1.87. The van der Waals surface area contributed by atoms with Crippen LogP contribution in [0.4, 0.5) is 5.82 Å². The lowest BCUT2D eigenvalue weighted by Crippen LogP contribution is -2.03. The summed E-state index contributed by atoms with van der Waals surface area (Å²) in [5, 5.41) is 3.11. The SMILES string of the molecule is CNc1cc(C2CCCC2)nc(-c2cc(Br)c(Br)o2)n1. The quantitative estimate of drug-likeness (QED) is 0.790. The maximum Gasteiger partial charge on any atom is 0.197 e. The van der Waals surface area contributed by atoms with Crippen molar-refractivity contribution in [1.29, 1.82) is 0 Å². The minimum absolute atomic E-state index is 0.547. The number of furan rings is 1. The average molecular weight is 401 g/mol. The summed E-state index contributed by atoms with van der Waals surface area (Å²) >= 11 is 6.77. The van der Waals surface area contributed by atoms with E-state index in [1.54, 1.807) is 0 Å². The van der Waals surface area contributed by atoms with Gasteiger partial charge in [0.25, 0.3) is 0 Å². The van der Waals surface area contributed by atoms with Crippen LogP contribution in [-0.4, -0.2) is 17.0 Å². The Morgan fingerprint density at radius 2 is 1.95 bits per heavy atom. The van der Waals surface area contributed by atoms with E-state index in [1.807, 2.05) is 19.2 Å². The van der Waals surface area contributed by atoms with E-state index >= 15 is 0 Å². The second-order valence-corrected chi connectivity index (χ2v) is 6.54. The van der Waals surface area contributed by atoms with E-state index in [2.05, 4.69) is 42.2 Å². The van der Waals surface area contributed by atoms with Gasteiger partial charge in [0.15, 0.2) is 16.3 Å². The Hall–Kier alpha value is -0.880. The van der Waals surface area contributed by atoms with E-state index in [-0.39, 0.29) is 0 Å². The molecule has 1 aliphatic carbocycles. The van der Waals surface area contributed by atoms with Crippen molar-refractivity contribution >= 4 is 37.7 Å². The summed E-state index contributed by atoms with van der Waals surface area (Å²) in [5.74, 6) is 2.68. The van der Waals surface area contributed by atoms with Gasteiger partial charge in [-0.1, -0.05) is 12.8 Å². The van der Waals surface area contributed by atoms with E-state index in [1.165, 1.54) is 25.7 Å². The molecule has 0 amide bonds. The van der Waals surface area contributed by atoms with Crippen molar-refractivity contribution in [3.05, 3.63) is 27.0 Å². The number of halogens is 2. The van der Waals surface area contributed by atoms with E-state index in [4.69, 9.17) is 9.40 Å². The van der Waals surface area contributed by atoms with Crippen LogP contribution in [0.1, 0.15) is 37.3 Å². The topological polar surface area (TPSA) is 51.0 Å². The van der Waals surface area contributed by atoms with Gasteiger partial charge in [-0.25, -0.2) is 9.97 Å². The highest BCUT2D eigenvalue weighted by Crippen LogP contribution is 2.36. The van der Waals surface area contributed by atoms with Crippen LogP contribution in [-0.2, 0) is 0 Å². The van der Waals surface area contributed by atoms with Gasteiger partial charge in [-0.05, 0) is 44.7 Å². The molecule has 1 fully saturated rings. The number of aromatic nitrogens is 2. The molecular formula is C14H15Br2N3O. The van der Waals surface area contributed by atoms with Gasteiger partial charge in [-0.2, -0.15) is 0 Å². The molecule has 2 aromatic heterocycles. The van der Waals surface area contributed by atoms with Crippen molar-refractivity contribution in [2.75, 3.05) is 12.4 Å². The minimum Gasteiger partial charge on any atom is -0.445 e. The van der Waals surface area contributed by atoms with Gasteiger partial charge in [0.1, 0.15) is 5.82 Å². The largest absolute Gasteiger partial charge is 0.445 e. The molecule has 2 aromatic rings. The molecule has 0 aliphatic heterocycles. The number of nitrogens with one attached hydrogen (secondary N) is 1. The molecule has 0 saturated heterocycles. The Morgan fingerprint density at radius 3 is 2.55 bits per heavy atom. The Labute approximate surface area is 134 Å². The third-order valence-electron chi connectivity index (χ3n) is 3.64.